The number of rotatable bonds is 4. The Kier molecular flexibility index (Phi) is 3.05. The van der Waals surface area contributed by atoms with Crippen LogP contribution >= 0.6 is 0 Å². The maximum absolute atomic E-state index is 6.14. The Bertz CT molecular complexity index is 460. The van der Waals surface area contributed by atoms with Crippen molar-refractivity contribution in [2.45, 2.75) is 32.9 Å². The predicted molar refractivity (Wildman–Crippen MR) is 59.8 cm³/mol. The van der Waals surface area contributed by atoms with Gasteiger partial charge in [0, 0.05) is 12.1 Å². The summed E-state index contributed by atoms with van der Waals surface area (Å²) >= 11 is 0. The highest BCUT2D eigenvalue weighted by Gasteiger charge is 2.16. The van der Waals surface area contributed by atoms with Gasteiger partial charge in [0.2, 0.25) is 0 Å². The molecule has 0 saturated carbocycles. The number of aromatic nitrogens is 3. The number of hydrogen-bond donors (Lipinski definition) is 1. The van der Waals surface area contributed by atoms with Gasteiger partial charge in [0.15, 0.2) is 0 Å². The smallest absolute Gasteiger partial charge is 0.101 e. The molecule has 0 aliphatic rings. The van der Waals surface area contributed by atoms with Gasteiger partial charge in [-0.15, -0.1) is 5.10 Å². The monoisotopic (exact) mass is 220 g/mol. The summed E-state index contributed by atoms with van der Waals surface area (Å²) in [6, 6.07) is 1.72. The van der Waals surface area contributed by atoms with E-state index in [9.17, 15) is 0 Å². The zero-order valence-electron chi connectivity index (χ0n) is 9.55. The molecule has 5 nitrogen and oxygen atoms in total. The van der Waals surface area contributed by atoms with Crippen LogP contribution in [0.1, 0.15) is 36.4 Å². The molecule has 0 radical (unpaired) electrons. The van der Waals surface area contributed by atoms with E-state index in [1.807, 2.05) is 17.7 Å². The molecule has 16 heavy (non-hydrogen) atoms. The summed E-state index contributed by atoms with van der Waals surface area (Å²) in [6.45, 7) is 4.83. The Balaban J connectivity index is 2.26. The Morgan fingerprint density at radius 1 is 1.56 bits per heavy atom. The van der Waals surface area contributed by atoms with Crippen molar-refractivity contribution < 1.29 is 4.42 Å². The van der Waals surface area contributed by atoms with Crippen molar-refractivity contribution in [2.24, 2.45) is 5.73 Å². The third-order valence-electron chi connectivity index (χ3n) is 2.51. The van der Waals surface area contributed by atoms with Gasteiger partial charge in [0.25, 0.3) is 0 Å². The van der Waals surface area contributed by atoms with E-state index >= 15 is 0 Å². The van der Waals surface area contributed by atoms with Gasteiger partial charge in [-0.1, -0.05) is 12.1 Å². The topological polar surface area (TPSA) is 69.9 Å². The van der Waals surface area contributed by atoms with Crippen LogP contribution in [0.4, 0.5) is 0 Å². The van der Waals surface area contributed by atoms with Gasteiger partial charge >= 0.3 is 0 Å². The van der Waals surface area contributed by atoms with E-state index in [1.165, 1.54) is 0 Å². The van der Waals surface area contributed by atoms with Gasteiger partial charge in [-0.05, 0) is 19.4 Å². The Labute approximate surface area is 94.2 Å². The first-order valence-electron chi connectivity index (χ1n) is 5.41. The third kappa shape index (κ3) is 1.99. The number of nitrogens with two attached hydrogens (primary N) is 1. The van der Waals surface area contributed by atoms with Gasteiger partial charge in [0.05, 0.1) is 24.2 Å². The maximum atomic E-state index is 6.14. The van der Waals surface area contributed by atoms with Crippen LogP contribution in [0.2, 0.25) is 0 Å². The second kappa shape index (κ2) is 4.49. The summed E-state index contributed by atoms with van der Waals surface area (Å²) in [6.07, 6.45) is 4.40. The Hall–Kier alpha value is -1.62. The highest BCUT2D eigenvalue weighted by molar-refractivity contribution is 5.24. The highest BCUT2D eigenvalue weighted by Crippen LogP contribution is 2.20. The molecule has 1 unspecified atom stereocenters. The minimum absolute atomic E-state index is 0.223. The van der Waals surface area contributed by atoms with Gasteiger partial charge in [-0.25, -0.2) is 4.68 Å². The second-order valence-electron chi connectivity index (χ2n) is 3.85. The van der Waals surface area contributed by atoms with E-state index in [1.54, 1.807) is 12.5 Å². The molecular formula is C11H16N4O. The fraction of sp³-hybridized carbons (Fsp3) is 0.455. The molecular weight excluding hydrogens is 204 g/mol. The van der Waals surface area contributed by atoms with E-state index in [0.29, 0.717) is 0 Å². The second-order valence-corrected chi connectivity index (χ2v) is 3.85. The van der Waals surface area contributed by atoms with Gasteiger partial charge in [0.1, 0.15) is 5.76 Å². The van der Waals surface area contributed by atoms with Crippen molar-refractivity contribution >= 4 is 0 Å². The maximum Gasteiger partial charge on any atom is 0.101 e. The molecule has 0 aromatic carbocycles. The molecule has 2 heterocycles. The summed E-state index contributed by atoms with van der Waals surface area (Å²) in [5.41, 5.74) is 8.02. The molecule has 2 aromatic heterocycles. The van der Waals surface area contributed by atoms with Gasteiger partial charge in [-0.3, -0.25) is 0 Å². The molecule has 0 aliphatic carbocycles. The third-order valence-corrected chi connectivity index (χ3v) is 2.51. The minimum Gasteiger partial charge on any atom is -0.469 e. The Morgan fingerprint density at radius 3 is 3.00 bits per heavy atom. The largest absolute Gasteiger partial charge is 0.469 e. The highest BCUT2D eigenvalue weighted by atomic mass is 16.3. The lowest BCUT2D eigenvalue weighted by atomic mass is 10.1. The Morgan fingerprint density at radius 2 is 2.38 bits per heavy atom. The predicted octanol–water partition coefficient (Wildman–Crippen LogP) is 1.64. The molecule has 86 valence electrons. The fourth-order valence-corrected chi connectivity index (χ4v) is 1.69. The van der Waals surface area contributed by atoms with E-state index in [0.717, 1.165) is 30.0 Å². The first-order chi connectivity index (χ1) is 7.72. The summed E-state index contributed by atoms with van der Waals surface area (Å²) in [4.78, 5) is 0. The zero-order chi connectivity index (χ0) is 11.5. The average molecular weight is 220 g/mol. The van der Waals surface area contributed by atoms with Crippen molar-refractivity contribution in [3.63, 3.8) is 0 Å². The first kappa shape index (κ1) is 10.9. The quantitative estimate of drug-likeness (QED) is 0.850. The van der Waals surface area contributed by atoms with Crippen LogP contribution in [-0.2, 0) is 6.54 Å². The van der Waals surface area contributed by atoms with Crippen molar-refractivity contribution in [3.05, 3.63) is 35.5 Å². The molecule has 0 spiro atoms. The molecule has 0 saturated heterocycles. The van der Waals surface area contributed by atoms with E-state index in [-0.39, 0.29) is 6.04 Å². The lowest BCUT2D eigenvalue weighted by Gasteiger charge is -2.10. The van der Waals surface area contributed by atoms with Gasteiger partial charge in [-0.2, -0.15) is 0 Å². The van der Waals surface area contributed by atoms with E-state index in [2.05, 4.69) is 17.2 Å². The molecule has 0 amide bonds. The van der Waals surface area contributed by atoms with Crippen molar-refractivity contribution in [1.29, 1.82) is 0 Å². The standard InChI is InChI=1S/C11H16N4O/c1-3-4-15-10(6-13-14-15)11(12)9-5-8(2)16-7-9/h5-7,11H,3-4,12H2,1-2H3. The minimum atomic E-state index is -0.223. The summed E-state index contributed by atoms with van der Waals surface area (Å²) in [5.74, 6) is 0.861. The van der Waals surface area contributed by atoms with Crippen LogP contribution in [-0.4, -0.2) is 15.0 Å². The fourth-order valence-electron chi connectivity index (χ4n) is 1.69. The van der Waals surface area contributed by atoms with Crippen LogP contribution in [0, 0.1) is 6.92 Å². The van der Waals surface area contributed by atoms with E-state index in [4.69, 9.17) is 10.2 Å². The van der Waals surface area contributed by atoms with Crippen molar-refractivity contribution in [2.75, 3.05) is 0 Å². The number of nitrogens with zero attached hydrogens (tertiary/aromatic N) is 3. The first-order valence-corrected chi connectivity index (χ1v) is 5.41. The van der Waals surface area contributed by atoms with Crippen molar-refractivity contribution in [3.8, 4) is 0 Å². The average Bonchev–Trinajstić information content (AvgIpc) is 2.87. The molecule has 0 bridgehead atoms. The molecule has 0 aliphatic heterocycles. The lowest BCUT2D eigenvalue weighted by Crippen LogP contribution is -2.17. The van der Waals surface area contributed by atoms with Crippen molar-refractivity contribution in [1.82, 2.24) is 15.0 Å². The molecule has 0 fully saturated rings. The number of aryl methyl sites for hydroxylation is 2. The number of furan rings is 1. The van der Waals surface area contributed by atoms with E-state index < -0.39 is 0 Å². The SMILES string of the molecule is CCCn1nncc1C(N)c1coc(C)c1. The zero-order valence-corrected chi connectivity index (χ0v) is 9.55. The van der Waals surface area contributed by atoms with Crippen LogP contribution in [0.3, 0.4) is 0 Å². The number of hydrogen-bond acceptors (Lipinski definition) is 4. The molecule has 2 rings (SSSR count). The van der Waals surface area contributed by atoms with Crippen LogP contribution in [0.15, 0.2) is 22.9 Å². The van der Waals surface area contributed by atoms with Crippen LogP contribution < -0.4 is 5.73 Å². The summed E-state index contributed by atoms with van der Waals surface area (Å²) in [5, 5.41) is 7.91. The molecule has 1 atom stereocenters. The molecule has 5 heteroatoms. The van der Waals surface area contributed by atoms with Gasteiger partial charge < -0.3 is 10.2 Å². The summed E-state index contributed by atoms with van der Waals surface area (Å²) in [7, 11) is 0. The molecule has 2 aromatic rings. The normalized spacial score (nSPS) is 12.9. The lowest BCUT2D eigenvalue weighted by molar-refractivity contribution is 0.524. The van der Waals surface area contributed by atoms with Crippen LogP contribution in [0.25, 0.3) is 0 Å². The molecule has 2 N–H and O–H groups in total. The summed E-state index contributed by atoms with van der Waals surface area (Å²) < 4.78 is 7.09. The van der Waals surface area contributed by atoms with Crippen LogP contribution in [0.5, 0.6) is 0 Å².